The molecule has 9 nitrogen and oxygen atoms in total. The maximum Gasteiger partial charge on any atom is 0.276 e. The van der Waals surface area contributed by atoms with Crippen molar-refractivity contribution in [2.24, 2.45) is 0 Å². The van der Waals surface area contributed by atoms with E-state index in [-0.39, 0.29) is 36.0 Å². The summed E-state index contributed by atoms with van der Waals surface area (Å²) in [6.07, 6.45) is 3.33. The molecule has 2 N–H and O–H groups in total. The van der Waals surface area contributed by atoms with Crippen LogP contribution in [-0.4, -0.2) is 69.4 Å². The molecular weight excluding hydrogens is 350 g/mol. The molecule has 0 bridgehead atoms. The summed E-state index contributed by atoms with van der Waals surface area (Å²) in [6, 6.07) is 3.88. The van der Waals surface area contributed by atoms with E-state index in [1.165, 1.54) is 17.2 Å². The summed E-state index contributed by atoms with van der Waals surface area (Å²) in [5.74, 6) is -0.783. The van der Waals surface area contributed by atoms with E-state index in [0.29, 0.717) is 25.2 Å². The van der Waals surface area contributed by atoms with Gasteiger partial charge in [0.2, 0.25) is 5.91 Å². The van der Waals surface area contributed by atoms with Crippen LogP contribution in [0, 0.1) is 0 Å². The third kappa shape index (κ3) is 3.86. The number of aromatic amines is 1. The standard InChI is InChI=1S/C18H23N5O4/c1-3-22(4-2)18(26)15-10-12(20-16(24)13-6-5-8-19-13)11-23(15)17(25)14-7-9-27-21-14/h5-9,12,15,19H,3-4,10-11H2,1-2H3,(H,20,24)/t12-,15+/m1/s1. The quantitative estimate of drug-likeness (QED) is 0.781. The van der Waals surface area contributed by atoms with Gasteiger partial charge >= 0.3 is 0 Å². The monoisotopic (exact) mass is 373 g/mol. The maximum absolute atomic E-state index is 12.9. The molecule has 9 heteroatoms. The minimum Gasteiger partial charge on any atom is -0.364 e. The second-order valence-electron chi connectivity index (χ2n) is 6.36. The Kier molecular flexibility index (Phi) is 5.58. The molecule has 0 spiro atoms. The van der Waals surface area contributed by atoms with Gasteiger partial charge in [0.05, 0.1) is 0 Å². The minimum atomic E-state index is -0.650. The van der Waals surface area contributed by atoms with E-state index in [9.17, 15) is 14.4 Å². The first kappa shape index (κ1) is 18.7. The highest BCUT2D eigenvalue weighted by Crippen LogP contribution is 2.22. The molecule has 2 aromatic rings. The molecule has 3 rings (SSSR count). The number of rotatable bonds is 6. The number of carbonyl (C=O) groups excluding carboxylic acids is 3. The van der Waals surface area contributed by atoms with E-state index in [4.69, 9.17) is 4.52 Å². The van der Waals surface area contributed by atoms with Crippen molar-refractivity contribution < 1.29 is 18.9 Å². The van der Waals surface area contributed by atoms with Crippen LogP contribution in [0.3, 0.4) is 0 Å². The van der Waals surface area contributed by atoms with Crippen molar-refractivity contribution in [2.45, 2.75) is 32.4 Å². The van der Waals surface area contributed by atoms with Crippen LogP contribution < -0.4 is 5.32 Å². The van der Waals surface area contributed by atoms with Gasteiger partial charge in [-0.15, -0.1) is 0 Å². The summed E-state index contributed by atoms with van der Waals surface area (Å²) < 4.78 is 4.75. The average Bonchev–Trinajstić information content (AvgIpc) is 3.42. The summed E-state index contributed by atoms with van der Waals surface area (Å²) in [7, 11) is 0. The first-order valence-electron chi connectivity index (χ1n) is 8.99. The van der Waals surface area contributed by atoms with Crippen LogP contribution in [0.5, 0.6) is 0 Å². The molecule has 27 heavy (non-hydrogen) atoms. The predicted molar refractivity (Wildman–Crippen MR) is 95.9 cm³/mol. The number of hydrogen-bond donors (Lipinski definition) is 2. The lowest BCUT2D eigenvalue weighted by Crippen LogP contribution is -2.47. The number of aromatic nitrogens is 2. The van der Waals surface area contributed by atoms with Crippen molar-refractivity contribution in [3.63, 3.8) is 0 Å². The largest absolute Gasteiger partial charge is 0.364 e. The average molecular weight is 373 g/mol. The molecule has 144 valence electrons. The number of likely N-dealkylation sites (N-methyl/N-ethyl adjacent to an activating group) is 1. The summed E-state index contributed by atoms with van der Waals surface area (Å²) in [4.78, 5) is 44.0. The number of H-pyrrole nitrogens is 1. The first-order valence-corrected chi connectivity index (χ1v) is 8.99. The molecule has 0 aromatic carbocycles. The fourth-order valence-electron chi connectivity index (χ4n) is 3.35. The Morgan fingerprint density at radius 1 is 1.33 bits per heavy atom. The molecule has 0 unspecified atom stereocenters. The van der Waals surface area contributed by atoms with Crippen molar-refractivity contribution in [1.82, 2.24) is 25.3 Å². The third-order valence-corrected chi connectivity index (χ3v) is 4.76. The van der Waals surface area contributed by atoms with E-state index >= 15 is 0 Å². The number of nitrogens with one attached hydrogen (secondary N) is 2. The number of carbonyl (C=O) groups is 3. The van der Waals surface area contributed by atoms with E-state index in [2.05, 4.69) is 15.5 Å². The summed E-state index contributed by atoms with van der Waals surface area (Å²) in [5, 5.41) is 6.58. The van der Waals surface area contributed by atoms with Gasteiger partial charge in [0.25, 0.3) is 11.8 Å². The van der Waals surface area contributed by atoms with Gasteiger partial charge in [-0.2, -0.15) is 0 Å². The van der Waals surface area contributed by atoms with Crippen LogP contribution >= 0.6 is 0 Å². The van der Waals surface area contributed by atoms with Gasteiger partial charge in [0, 0.05) is 37.9 Å². The van der Waals surface area contributed by atoms with Crippen LogP contribution in [0.4, 0.5) is 0 Å². The van der Waals surface area contributed by atoms with E-state index in [1.807, 2.05) is 13.8 Å². The fraction of sp³-hybridized carbons (Fsp3) is 0.444. The highest BCUT2D eigenvalue weighted by atomic mass is 16.5. The summed E-state index contributed by atoms with van der Waals surface area (Å²) in [5.41, 5.74) is 0.576. The molecule has 1 fully saturated rings. The molecule has 1 aliphatic heterocycles. The number of hydrogen-bond acceptors (Lipinski definition) is 5. The van der Waals surface area contributed by atoms with Crippen molar-refractivity contribution in [3.8, 4) is 0 Å². The van der Waals surface area contributed by atoms with E-state index in [1.54, 1.807) is 23.2 Å². The van der Waals surface area contributed by atoms with Gasteiger partial charge in [-0.25, -0.2) is 0 Å². The molecule has 3 amide bonds. The number of likely N-dealkylation sites (tertiary alicyclic amines) is 1. The molecule has 2 aromatic heterocycles. The maximum atomic E-state index is 12.9. The van der Waals surface area contributed by atoms with Gasteiger partial charge in [0.1, 0.15) is 18.0 Å². The van der Waals surface area contributed by atoms with E-state index in [0.717, 1.165) is 0 Å². The Morgan fingerprint density at radius 2 is 2.11 bits per heavy atom. The number of nitrogens with zero attached hydrogens (tertiary/aromatic N) is 3. The fourth-order valence-corrected chi connectivity index (χ4v) is 3.35. The van der Waals surface area contributed by atoms with Crippen LogP contribution in [0.1, 0.15) is 41.2 Å². The zero-order chi connectivity index (χ0) is 19.4. The van der Waals surface area contributed by atoms with Crippen molar-refractivity contribution >= 4 is 17.7 Å². The Bertz CT molecular complexity index is 783. The lowest BCUT2D eigenvalue weighted by molar-refractivity contribution is -0.134. The molecule has 0 saturated carbocycles. The molecule has 1 saturated heterocycles. The zero-order valence-corrected chi connectivity index (χ0v) is 15.3. The number of amides is 3. The van der Waals surface area contributed by atoms with Crippen LogP contribution in [0.25, 0.3) is 0 Å². The third-order valence-electron chi connectivity index (χ3n) is 4.76. The van der Waals surface area contributed by atoms with Crippen molar-refractivity contribution in [1.29, 1.82) is 0 Å². The molecule has 1 aliphatic rings. The van der Waals surface area contributed by atoms with Gasteiger partial charge in [-0.3, -0.25) is 14.4 Å². The van der Waals surface area contributed by atoms with Crippen molar-refractivity contribution in [2.75, 3.05) is 19.6 Å². The molecule has 0 aliphatic carbocycles. The second kappa shape index (κ2) is 8.07. The van der Waals surface area contributed by atoms with Gasteiger partial charge in [-0.1, -0.05) is 5.16 Å². The van der Waals surface area contributed by atoms with Crippen LogP contribution in [0.15, 0.2) is 35.2 Å². The predicted octanol–water partition coefficient (Wildman–Crippen LogP) is 0.884. The molecule has 3 heterocycles. The SMILES string of the molecule is CCN(CC)C(=O)[C@@H]1C[C@@H](NC(=O)c2ccc[nH]2)CN1C(=O)c1ccon1. The van der Waals surface area contributed by atoms with Crippen molar-refractivity contribution in [3.05, 3.63) is 42.0 Å². The molecule has 0 radical (unpaired) electrons. The van der Waals surface area contributed by atoms with E-state index < -0.39 is 6.04 Å². The zero-order valence-electron chi connectivity index (χ0n) is 15.3. The Balaban J connectivity index is 1.78. The lowest BCUT2D eigenvalue weighted by Gasteiger charge is -2.28. The highest BCUT2D eigenvalue weighted by molar-refractivity contribution is 5.97. The van der Waals surface area contributed by atoms with Crippen LogP contribution in [-0.2, 0) is 4.79 Å². The van der Waals surface area contributed by atoms with Gasteiger partial charge < -0.3 is 24.6 Å². The Morgan fingerprint density at radius 3 is 2.70 bits per heavy atom. The first-order chi connectivity index (χ1) is 13.0. The molecule has 2 atom stereocenters. The second-order valence-corrected chi connectivity index (χ2v) is 6.36. The normalized spacial score (nSPS) is 19.1. The lowest BCUT2D eigenvalue weighted by atomic mass is 10.1. The highest BCUT2D eigenvalue weighted by Gasteiger charge is 2.42. The van der Waals surface area contributed by atoms with Gasteiger partial charge in [0.15, 0.2) is 5.69 Å². The minimum absolute atomic E-state index is 0.131. The Labute approximate surface area is 156 Å². The van der Waals surface area contributed by atoms with Gasteiger partial charge in [-0.05, 0) is 32.4 Å². The summed E-state index contributed by atoms with van der Waals surface area (Å²) >= 11 is 0. The van der Waals surface area contributed by atoms with Crippen LogP contribution in [0.2, 0.25) is 0 Å². The topological polar surface area (TPSA) is 112 Å². The molecular formula is C18H23N5O4. The summed E-state index contributed by atoms with van der Waals surface area (Å²) in [6.45, 7) is 5.12. The Hall–Kier alpha value is -3.10. The smallest absolute Gasteiger partial charge is 0.276 e.